The third-order valence-electron chi connectivity index (χ3n) is 1.19. The van der Waals surface area contributed by atoms with Crippen LogP contribution in [-0.4, -0.2) is 46.1 Å². The van der Waals surface area contributed by atoms with Crippen molar-refractivity contribution in [1.29, 1.82) is 0 Å². The van der Waals surface area contributed by atoms with Gasteiger partial charge >= 0.3 is 6.09 Å². The summed E-state index contributed by atoms with van der Waals surface area (Å²) < 4.78 is 29.8. The maximum atomic E-state index is 10.8. The minimum absolute atomic E-state index is 0.150. The van der Waals surface area contributed by atoms with Crippen LogP contribution in [-0.2, 0) is 23.3 Å². The van der Waals surface area contributed by atoms with Crippen molar-refractivity contribution >= 4 is 31.7 Å². The fraction of sp³-hybridized carbons (Fsp3) is 0.667. The molecule has 0 saturated carbocycles. The molecule has 94 valence electrons. The molecule has 0 aromatic rings. The van der Waals surface area contributed by atoms with Crippen molar-refractivity contribution in [2.24, 2.45) is 5.73 Å². The monoisotopic (exact) mass is 274 g/mol. The second-order valence-electron chi connectivity index (χ2n) is 2.50. The molecule has 0 radical (unpaired) electrons. The van der Waals surface area contributed by atoms with Crippen LogP contribution >= 0.6 is 10.7 Å². The van der Waals surface area contributed by atoms with Crippen molar-refractivity contribution in [2.75, 3.05) is 25.7 Å². The van der Waals surface area contributed by atoms with E-state index in [1.807, 2.05) is 0 Å². The Morgan fingerprint density at radius 3 is 2.50 bits per heavy atom. The molecular formula is C6H11ClN2O6S. The summed E-state index contributed by atoms with van der Waals surface area (Å²) in [5, 5.41) is 2.19. The molecular weight excluding hydrogens is 264 g/mol. The van der Waals surface area contributed by atoms with Crippen molar-refractivity contribution in [3.63, 3.8) is 0 Å². The second-order valence-corrected chi connectivity index (χ2v) is 5.40. The van der Waals surface area contributed by atoms with Gasteiger partial charge < -0.3 is 20.5 Å². The van der Waals surface area contributed by atoms with E-state index in [4.69, 9.17) is 15.4 Å². The van der Waals surface area contributed by atoms with E-state index in [9.17, 15) is 18.0 Å². The van der Waals surface area contributed by atoms with Gasteiger partial charge in [0.15, 0.2) is 6.61 Å². The van der Waals surface area contributed by atoms with E-state index in [2.05, 4.69) is 15.8 Å². The molecule has 0 aliphatic heterocycles. The van der Waals surface area contributed by atoms with Crippen molar-refractivity contribution in [2.45, 2.75) is 0 Å². The lowest BCUT2D eigenvalue weighted by Crippen LogP contribution is -2.32. The van der Waals surface area contributed by atoms with E-state index >= 15 is 0 Å². The van der Waals surface area contributed by atoms with Gasteiger partial charge in [-0.15, -0.1) is 0 Å². The molecule has 0 saturated heterocycles. The number of hydrogen-bond acceptors (Lipinski definition) is 6. The summed E-state index contributed by atoms with van der Waals surface area (Å²) in [4.78, 5) is 20.9. The Hall–Kier alpha value is -1.06. The number of nitrogens with two attached hydrogens (primary N) is 1. The molecule has 0 unspecified atom stereocenters. The topological polar surface area (TPSA) is 125 Å². The van der Waals surface area contributed by atoms with Crippen LogP contribution in [0.4, 0.5) is 4.79 Å². The predicted octanol–water partition coefficient (Wildman–Crippen LogP) is -1.26. The lowest BCUT2D eigenvalue weighted by molar-refractivity contribution is -0.125. The number of ether oxygens (including phenoxy) is 2. The molecule has 0 aliphatic rings. The van der Waals surface area contributed by atoms with E-state index < -0.39 is 27.7 Å². The van der Waals surface area contributed by atoms with Gasteiger partial charge in [-0.25, -0.2) is 13.2 Å². The smallest absolute Gasteiger partial charge is 0.405 e. The zero-order chi connectivity index (χ0) is 12.6. The van der Waals surface area contributed by atoms with Crippen molar-refractivity contribution in [1.82, 2.24) is 5.32 Å². The fourth-order valence-corrected chi connectivity index (χ4v) is 1.06. The van der Waals surface area contributed by atoms with Gasteiger partial charge in [-0.2, -0.15) is 0 Å². The first-order valence-corrected chi connectivity index (χ1v) is 6.48. The molecule has 10 heteroatoms. The summed E-state index contributed by atoms with van der Waals surface area (Å²) in [5.74, 6) is -0.977. The average Bonchev–Trinajstić information content (AvgIpc) is 2.12. The van der Waals surface area contributed by atoms with Crippen LogP contribution in [0.3, 0.4) is 0 Å². The van der Waals surface area contributed by atoms with Crippen molar-refractivity contribution < 1.29 is 27.5 Å². The van der Waals surface area contributed by atoms with E-state index in [0.29, 0.717) is 0 Å². The molecule has 0 aromatic heterocycles. The second kappa shape index (κ2) is 7.25. The van der Waals surface area contributed by atoms with Gasteiger partial charge in [0.2, 0.25) is 9.05 Å². The summed E-state index contributed by atoms with van der Waals surface area (Å²) in [5.41, 5.74) is 4.61. The number of primary amides is 1. The molecule has 0 fully saturated rings. The SMILES string of the molecule is NC(=O)OCC(=O)NCOCCS(=O)(=O)Cl. The van der Waals surface area contributed by atoms with E-state index in [0.717, 1.165) is 0 Å². The number of rotatable bonds is 7. The molecule has 3 N–H and O–H groups in total. The largest absolute Gasteiger partial charge is 0.440 e. The zero-order valence-corrected chi connectivity index (χ0v) is 9.71. The third-order valence-corrected chi connectivity index (χ3v) is 2.31. The summed E-state index contributed by atoms with van der Waals surface area (Å²) >= 11 is 0. The third kappa shape index (κ3) is 11.0. The summed E-state index contributed by atoms with van der Waals surface area (Å²) in [6, 6.07) is 0. The minimum Gasteiger partial charge on any atom is -0.440 e. The Labute approximate surface area is 96.4 Å². The Morgan fingerprint density at radius 2 is 2.00 bits per heavy atom. The lowest BCUT2D eigenvalue weighted by Gasteiger charge is -2.05. The quantitative estimate of drug-likeness (QED) is 0.339. The Kier molecular flexibility index (Phi) is 6.77. The molecule has 0 aliphatic carbocycles. The maximum absolute atomic E-state index is 10.8. The normalized spacial score (nSPS) is 10.8. The first kappa shape index (κ1) is 14.9. The van der Waals surface area contributed by atoms with Gasteiger partial charge in [0, 0.05) is 10.7 Å². The number of amides is 2. The minimum atomic E-state index is -3.60. The molecule has 2 amide bonds. The summed E-state index contributed by atoms with van der Waals surface area (Å²) in [6.45, 7) is -0.886. The number of halogens is 1. The average molecular weight is 275 g/mol. The molecule has 0 aromatic carbocycles. The van der Waals surface area contributed by atoms with E-state index in [1.54, 1.807) is 0 Å². The molecule has 0 rings (SSSR count). The number of carbonyl (C=O) groups excluding carboxylic acids is 2. The van der Waals surface area contributed by atoms with Crippen LogP contribution in [0.15, 0.2) is 0 Å². The number of nitrogens with one attached hydrogen (secondary N) is 1. The van der Waals surface area contributed by atoms with Crippen LogP contribution < -0.4 is 11.1 Å². The van der Waals surface area contributed by atoms with Crippen LogP contribution in [0.2, 0.25) is 0 Å². The van der Waals surface area contributed by atoms with Crippen LogP contribution in [0.1, 0.15) is 0 Å². The van der Waals surface area contributed by atoms with Gasteiger partial charge in [-0.05, 0) is 0 Å². The standard InChI is InChI=1S/C6H11ClN2O6S/c7-16(12,13)2-1-14-4-9-5(10)3-15-6(8)11/h1-4H2,(H2,8,11)(H,9,10). The Morgan fingerprint density at radius 1 is 1.38 bits per heavy atom. The Balaban J connectivity index is 3.45. The van der Waals surface area contributed by atoms with Gasteiger partial charge in [0.25, 0.3) is 5.91 Å². The highest BCUT2D eigenvalue weighted by Gasteiger charge is 2.05. The molecule has 0 atom stereocenters. The summed E-state index contributed by atoms with van der Waals surface area (Å²) in [6.07, 6.45) is -1.07. The molecule has 8 nitrogen and oxygen atoms in total. The molecule has 0 bridgehead atoms. The molecule has 0 heterocycles. The number of hydrogen-bond donors (Lipinski definition) is 2. The molecule has 16 heavy (non-hydrogen) atoms. The van der Waals surface area contributed by atoms with Gasteiger partial charge in [-0.3, -0.25) is 4.79 Å². The first-order valence-electron chi connectivity index (χ1n) is 4.00. The maximum Gasteiger partial charge on any atom is 0.405 e. The highest BCUT2D eigenvalue weighted by Crippen LogP contribution is 1.94. The molecule has 0 spiro atoms. The fourth-order valence-electron chi connectivity index (χ4n) is 0.550. The van der Waals surface area contributed by atoms with Crippen molar-refractivity contribution in [3.05, 3.63) is 0 Å². The predicted molar refractivity (Wildman–Crippen MR) is 54.1 cm³/mol. The summed E-state index contributed by atoms with van der Waals surface area (Å²) in [7, 11) is 1.30. The Bertz CT molecular complexity index is 343. The van der Waals surface area contributed by atoms with Crippen LogP contribution in [0.25, 0.3) is 0 Å². The van der Waals surface area contributed by atoms with E-state index in [-0.39, 0.29) is 19.1 Å². The lowest BCUT2D eigenvalue weighted by atomic mass is 10.6. The van der Waals surface area contributed by atoms with Crippen LogP contribution in [0, 0.1) is 0 Å². The zero-order valence-electron chi connectivity index (χ0n) is 8.14. The highest BCUT2D eigenvalue weighted by atomic mass is 35.7. The van der Waals surface area contributed by atoms with Gasteiger partial charge in [-0.1, -0.05) is 0 Å². The van der Waals surface area contributed by atoms with Gasteiger partial charge in [0.05, 0.1) is 12.4 Å². The highest BCUT2D eigenvalue weighted by molar-refractivity contribution is 8.13. The van der Waals surface area contributed by atoms with Gasteiger partial charge in [0.1, 0.15) is 6.73 Å². The van der Waals surface area contributed by atoms with E-state index in [1.165, 1.54) is 0 Å². The number of carbonyl (C=O) groups is 2. The van der Waals surface area contributed by atoms with Crippen molar-refractivity contribution in [3.8, 4) is 0 Å². The van der Waals surface area contributed by atoms with Crippen LogP contribution in [0.5, 0.6) is 0 Å². The first-order chi connectivity index (χ1) is 7.31.